The summed E-state index contributed by atoms with van der Waals surface area (Å²) in [5.74, 6) is 0.560. The Kier molecular flexibility index (Phi) is 5.21. The third kappa shape index (κ3) is 4.32. The summed E-state index contributed by atoms with van der Waals surface area (Å²) in [7, 11) is 0. The Labute approximate surface area is 144 Å². The first-order valence-electron chi connectivity index (χ1n) is 7.69. The average Bonchev–Trinajstić information content (AvgIpc) is 2.67. The summed E-state index contributed by atoms with van der Waals surface area (Å²) < 4.78 is 13.8. The molecule has 124 valence electrons. The van der Waals surface area contributed by atoms with Crippen LogP contribution in [0.15, 0.2) is 83.0 Å². The molecule has 0 saturated heterocycles. The van der Waals surface area contributed by atoms with Crippen LogP contribution in [0, 0.1) is 5.82 Å². The number of amidine groups is 2. The van der Waals surface area contributed by atoms with E-state index >= 15 is 0 Å². The van der Waals surface area contributed by atoms with E-state index in [2.05, 4.69) is 20.0 Å². The fourth-order valence-corrected chi connectivity index (χ4v) is 2.16. The maximum Gasteiger partial charge on any atom is 0.195 e. The Morgan fingerprint density at radius 3 is 2.32 bits per heavy atom. The zero-order valence-electron chi connectivity index (χ0n) is 13.4. The fourth-order valence-electron chi connectivity index (χ4n) is 2.16. The summed E-state index contributed by atoms with van der Waals surface area (Å²) in [5, 5.41) is 0. The zero-order chi connectivity index (χ0) is 17.5. The number of halogens is 1. The lowest BCUT2D eigenvalue weighted by atomic mass is 10.2. The van der Waals surface area contributed by atoms with E-state index in [9.17, 15) is 4.39 Å². The van der Waals surface area contributed by atoms with E-state index < -0.39 is 0 Å². The molecule has 0 aliphatic rings. The maximum atomic E-state index is 13.8. The van der Waals surface area contributed by atoms with Gasteiger partial charge in [0.05, 0.1) is 6.54 Å². The van der Waals surface area contributed by atoms with Crippen LogP contribution < -0.4 is 5.73 Å². The molecule has 0 spiro atoms. The molecule has 0 saturated carbocycles. The minimum atomic E-state index is -0.304. The van der Waals surface area contributed by atoms with E-state index in [0.29, 0.717) is 17.2 Å². The van der Waals surface area contributed by atoms with Crippen molar-refractivity contribution in [3.05, 3.63) is 95.8 Å². The van der Waals surface area contributed by atoms with Crippen LogP contribution in [-0.4, -0.2) is 21.6 Å². The van der Waals surface area contributed by atoms with E-state index in [1.165, 1.54) is 6.07 Å². The van der Waals surface area contributed by atoms with Gasteiger partial charge in [-0.15, -0.1) is 0 Å². The lowest BCUT2D eigenvalue weighted by Gasteiger charge is -2.05. The fraction of sp³-hybridized carbons (Fsp3) is 0.0526. The topological polar surface area (TPSA) is 76.5 Å². The van der Waals surface area contributed by atoms with Gasteiger partial charge in [-0.3, -0.25) is 4.99 Å². The first-order valence-corrected chi connectivity index (χ1v) is 7.69. The van der Waals surface area contributed by atoms with Gasteiger partial charge in [0.1, 0.15) is 5.82 Å². The molecule has 2 aromatic carbocycles. The van der Waals surface area contributed by atoms with E-state index in [0.717, 1.165) is 5.56 Å². The molecule has 5 nitrogen and oxygen atoms in total. The predicted molar refractivity (Wildman–Crippen MR) is 95.8 cm³/mol. The highest BCUT2D eigenvalue weighted by atomic mass is 19.1. The number of rotatable bonds is 4. The van der Waals surface area contributed by atoms with Gasteiger partial charge < -0.3 is 5.73 Å². The first-order chi connectivity index (χ1) is 12.2. The van der Waals surface area contributed by atoms with Crippen LogP contribution in [-0.2, 0) is 6.54 Å². The molecular weight excluding hydrogens is 317 g/mol. The van der Waals surface area contributed by atoms with Crippen LogP contribution in [0.3, 0.4) is 0 Å². The highest BCUT2D eigenvalue weighted by molar-refractivity contribution is 6.09. The molecule has 1 aromatic heterocycles. The van der Waals surface area contributed by atoms with Crippen molar-refractivity contribution in [1.82, 2.24) is 9.97 Å². The second kappa shape index (κ2) is 7.92. The Hall–Kier alpha value is -3.41. The van der Waals surface area contributed by atoms with Gasteiger partial charge in [-0.2, -0.15) is 0 Å². The minimum Gasteiger partial charge on any atom is -0.380 e. The van der Waals surface area contributed by atoms with Gasteiger partial charge >= 0.3 is 0 Å². The number of aliphatic imine (C=N–C) groups is 2. The summed E-state index contributed by atoms with van der Waals surface area (Å²) >= 11 is 0. The van der Waals surface area contributed by atoms with Gasteiger partial charge in [-0.05, 0) is 12.1 Å². The van der Waals surface area contributed by atoms with Gasteiger partial charge in [0, 0.05) is 23.5 Å². The smallest absolute Gasteiger partial charge is 0.195 e. The van der Waals surface area contributed by atoms with E-state index in [-0.39, 0.29) is 18.2 Å². The van der Waals surface area contributed by atoms with Crippen LogP contribution in [0.5, 0.6) is 0 Å². The number of aromatic nitrogens is 2. The van der Waals surface area contributed by atoms with E-state index in [4.69, 9.17) is 5.73 Å². The van der Waals surface area contributed by atoms with Crippen molar-refractivity contribution in [2.75, 3.05) is 0 Å². The van der Waals surface area contributed by atoms with Crippen molar-refractivity contribution >= 4 is 11.7 Å². The van der Waals surface area contributed by atoms with Crippen molar-refractivity contribution < 1.29 is 4.39 Å². The number of hydrogen-bond donors (Lipinski definition) is 1. The molecule has 0 aliphatic heterocycles. The lowest BCUT2D eigenvalue weighted by molar-refractivity contribution is 0.611. The SMILES string of the molecule is NC(=NC(=NCc1ccccc1F)c1ccccc1)c1ncccn1. The third-order valence-corrected chi connectivity index (χ3v) is 3.41. The van der Waals surface area contributed by atoms with E-state index in [1.54, 1.807) is 36.7 Å². The third-order valence-electron chi connectivity index (χ3n) is 3.41. The van der Waals surface area contributed by atoms with Gasteiger partial charge in [0.25, 0.3) is 0 Å². The second-order valence-electron chi connectivity index (χ2n) is 5.17. The summed E-state index contributed by atoms with van der Waals surface area (Å²) in [6, 6.07) is 17.6. The molecule has 0 radical (unpaired) electrons. The average molecular weight is 333 g/mol. The van der Waals surface area contributed by atoms with Crippen LogP contribution in [0.4, 0.5) is 4.39 Å². The predicted octanol–water partition coefficient (Wildman–Crippen LogP) is 2.97. The second-order valence-corrected chi connectivity index (χ2v) is 5.17. The molecule has 0 amide bonds. The molecule has 0 atom stereocenters. The number of nitrogens with two attached hydrogens (primary N) is 1. The van der Waals surface area contributed by atoms with Crippen LogP contribution >= 0.6 is 0 Å². The molecule has 2 N–H and O–H groups in total. The Morgan fingerprint density at radius 1 is 0.920 bits per heavy atom. The Bertz CT molecular complexity index is 892. The Balaban J connectivity index is 1.96. The number of benzene rings is 2. The zero-order valence-corrected chi connectivity index (χ0v) is 13.4. The highest BCUT2D eigenvalue weighted by Crippen LogP contribution is 2.10. The first kappa shape index (κ1) is 16.4. The molecule has 0 fully saturated rings. The number of nitrogens with zero attached hydrogens (tertiary/aromatic N) is 4. The van der Waals surface area contributed by atoms with Crippen molar-refractivity contribution in [2.45, 2.75) is 6.54 Å². The van der Waals surface area contributed by atoms with Crippen LogP contribution in [0.25, 0.3) is 0 Å². The van der Waals surface area contributed by atoms with Gasteiger partial charge in [-0.1, -0.05) is 48.5 Å². The summed E-state index contributed by atoms with van der Waals surface area (Å²) in [6.45, 7) is 0.156. The Morgan fingerprint density at radius 2 is 1.60 bits per heavy atom. The molecule has 0 unspecified atom stereocenters. The summed E-state index contributed by atoms with van der Waals surface area (Å²) in [6.07, 6.45) is 3.17. The largest absolute Gasteiger partial charge is 0.380 e. The van der Waals surface area contributed by atoms with Crippen LogP contribution in [0.2, 0.25) is 0 Å². The molecular formula is C19H16FN5. The molecule has 25 heavy (non-hydrogen) atoms. The van der Waals surface area contributed by atoms with Crippen molar-refractivity contribution in [1.29, 1.82) is 0 Å². The van der Waals surface area contributed by atoms with E-state index in [1.807, 2.05) is 30.3 Å². The normalized spacial score (nSPS) is 12.2. The molecule has 0 bridgehead atoms. The lowest BCUT2D eigenvalue weighted by Crippen LogP contribution is -2.19. The molecule has 1 heterocycles. The summed E-state index contributed by atoms with van der Waals surface area (Å²) in [5.41, 5.74) is 7.26. The molecule has 6 heteroatoms. The standard InChI is InChI=1S/C19H16FN5/c20-16-10-5-4-9-15(16)13-24-18(14-7-2-1-3-8-14)25-17(21)19-22-11-6-12-23-19/h1-12H,13H2,(H2,21,24,25). The number of hydrogen-bond acceptors (Lipinski definition) is 3. The van der Waals surface area contributed by atoms with Crippen molar-refractivity contribution in [3.8, 4) is 0 Å². The highest BCUT2D eigenvalue weighted by Gasteiger charge is 2.07. The van der Waals surface area contributed by atoms with Gasteiger partial charge in [0.15, 0.2) is 17.5 Å². The minimum absolute atomic E-state index is 0.150. The maximum absolute atomic E-state index is 13.8. The quantitative estimate of drug-likeness (QED) is 0.589. The molecule has 0 aliphatic carbocycles. The monoisotopic (exact) mass is 333 g/mol. The van der Waals surface area contributed by atoms with Crippen molar-refractivity contribution in [2.24, 2.45) is 15.7 Å². The van der Waals surface area contributed by atoms with Gasteiger partial charge in [-0.25, -0.2) is 19.4 Å². The van der Waals surface area contributed by atoms with Crippen LogP contribution in [0.1, 0.15) is 17.0 Å². The van der Waals surface area contributed by atoms with Gasteiger partial charge in [0.2, 0.25) is 0 Å². The molecule has 3 aromatic rings. The summed E-state index contributed by atoms with van der Waals surface area (Å²) in [4.78, 5) is 17.0. The molecule has 3 rings (SSSR count). The van der Waals surface area contributed by atoms with Crippen molar-refractivity contribution in [3.63, 3.8) is 0 Å².